The van der Waals surface area contributed by atoms with E-state index in [0.29, 0.717) is 6.69 Å². The van der Waals surface area contributed by atoms with Crippen LogP contribution in [0.3, 0.4) is 0 Å². The summed E-state index contributed by atoms with van der Waals surface area (Å²) in [6, 6.07) is 0. The van der Waals surface area contributed by atoms with Gasteiger partial charge >= 0.3 is 245 Å². The Bertz CT molecular complexity index is 966. The van der Waals surface area contributed by atoms with Crippen molar-refractivity contribution in [3.8, 4) is 0 Å². The van der Waals surface area contributed by atoms with Gasteiger partial charge in [0.1, 0.15) is 0 Å². The van der Waals surface area contributed by atoms with Gasteiger partial charge in [0.25, 0.3) is 0 Å². The average Bonchev–Trinajstić information content (AvgIpc) is 3.21. The Balaban J connectivity index is 3.26. The van der Waals surface area contributed by atoms with Crippen LogP contribution >= 0.6 is 0 Å². The van der Waals surface area contributed by atoms with E-state index in [1.165, 1.54) is 0 Å². The van der Waals surface area contributed by atoms with Crippen LogP contribution in [-0.4, -0.2) is 48.4 Å². The van der Waals surface area contributed by atoms with Crippen molar-refractivity contribution in [2.45, 2.75) is 135 Å². The minimum atomic E-state index is -2.81. The first-order valence-corrected chi connectivity index (χ1v) is 40.5. The molecule has 2 unspecified atom stereocenters. The van der Waals surface area contributed by atoms with Gasteiger partial charge in [-0.05, 0) is 0 Å². The summed E-state index contributed by atoms with van der Waals surface area (Å²) in [5, 5.41) is 13.4. The molecule has 2 aliphatic rings. The van der Waals surface area contributed by atoms with Crippen LogP contribution in [0.25, 0.3) is 0 Å². The Kier molecular flexibility index (Phi) is 8.78. The van der Waals surface area contributed by atoms with Crippen molar-refractivity contribution < 1.29 is 16.6 Å². The molecule has 0 saturated carbocycles. The third kappa shape index (κ3) is 5.47. The molecule has 0 spiro atoms. The summed E-state index contributed by atoms with van der Waals surface area (Å²) in [6.45, 7) is 48.1. The van der Waals surface area contributed by atoms with Crippen molar-refractivity contribution in [1.29, 1.82) is 0 Å². The molecular formula is C30H64Si6Ti. The Labute approximate surface area is 243 Å². The second kappa shape index (κ2) is 9.50. The van der Waals surface area contributed by atoms with Crippen LogP contribution in [0.1, 0.15) is 0 Å². The van der Waals surface area contributed by atoms with E-state index in [2.05, 4.69) is 153 Å². The second-order valence-corrected chi connectivity index (χ2v) is 59.0. The van der Waals surface area contributed by atoms with Gasteiger partial charge in [-0.15, -0.1) is 0 Å². The van der Waals surface area contributed by atoms with E-state index in [1.807, 2.05) is 10.4 Å². The predicted molar refractivity (Wildman–Crippen MR) is 190 cm³/mol. The summed E-state index contributed by atoms with van der Waals surface area (Å²) in [4.78, 5) is 0. The van der Waals surface area contributed by atoms with Crippen LogP contribution in [0.15, 0.2) is 45.1 Å². The SMILES string of the molecule is C[Si](C)(C)C1=C[C]([Si](C)(C)C)([Ti]([CH3])([CH3])[C]2([Si](C)(C)C)C=C([Si](C)(C)C)C=C2[Si](C)(C)C)C([Si](C)(C)C)=C1. The van der Waals surface area contributed by atoms with Crippen LogP contribution in [0, 0.1) is 0 Å². The maximum absolute atomic E-state index is 3.03. The molecule has 0 aromatic carbocycles. The van der Waals surface area contributed by atoms with Crippen LogP contribution < -0.4 is 0 Å². The molecule has 0 radical (unpaired) electrons. The van der Waals surface area contributed by atoms with E-state index < -0.39 is 65.0 Å². The van der Waals surface area contributed by atoms with E-state index >= 15 is 0 Å². The molecule has 2 atom stereocenters. The second-order valence-electron chi connectivity index (χ2n) is 19.1. The van der Waals surface area contributed by atoms with Gasteiger partial charge in [0.2, 0.25) is 0 Å². The van der Waals surface area contributed by atoms with Crippen LogP contribution in [0.2, 0.25) is 135 Å². The van der Waals surface area contributed by atoms with E-state index in [0.717, 1.165) is 0 Å². The Morgan fingerprint density at radius 1 is 0.432 bits per heavy atom. The van der Waals surface area contributed by atoms with Gasteiger partial charge in [-0.2, -0.15) is 0 Å². The van der Waals surface area contributed by atoms with E-state index in [-0.39, 0.29) is 0 Å². The van der Waals surface area contributed by atoms with Gasteiger partial charge in [-0.3, -0.25) is 0 Å². The molecule has 0 saturated heterocycles. The fourth-order valence-electron chi connectivity index (χ4n) is 8.19. The standard InChI is InChI=1S/2C14H29Si3.2CH3.Ti/c2*1-15(2,3)12-10-13(16(4,5)6)14(11-12)17(7,8)9;;;/h2*10-11H,1-9H3;2*1H3;. The number of rotatable bonds is 8. The van der Waals surface area contributed by atoms with Gasteiger partial charge in [-0.1, -0.05) is 0 Å². The molecule has 2 aliphatic carbocycles. The Morgan fingerprint density at radius 2 is 0.676 bits per heavy atom. The molecule has 0 aromatic heterocycles. The summed E-state index contributed by atoms with van der Waals surface area (Å²) in [5.74, 6) is 0. The molecule has 0 bridgehead atoms. The zero-order valence-corrected chi connectivity index (χ0v) is 36.4. The fourth-order valence-corrected chi connectivity index (χ4v) is 57.3. The van der Waals surface area contributed by atoms with Crippen LogP contribution in [0.4, 0.5) is 0 Å². The van der Waals surface area contributed by atoms with Crippen LogP contribution in [0.5, 0.6) is 0 Å². The third-order valence-corrected chi connectivity index (χ3v) is 44.7. The van der Waals surface area contributed by atoms with Gasteiger partial charge in [0.15, 0.2) is 0 Å². The molecule has 0 aliphatic heterocycles. The molecule has 37 heavy (non-hydrogen) atoms. The molecule has 0 amide bonds. The van der Waals surface area contributed by atoms with Crippen molar-refractivity contribution in [2.24, 2.45) is 0 Å². The molecule has 0 heterocycles. The van der Waals surface area contributed by atoms with Crippen molar-refractivity contribution >= 4 is 48.4 Å². The molecule has 7 heteroatoms. The Hall–Kier alpha value is 0.976. The number of allylic oxidation sites excluding steroid dienone is 8. The molecule has 2 rings (SSSR count). The van der Waals surface area contributed by atoms with Crippen molar-refractivity contribution in [3.63, 3.8) is 0 Å². The molecule has 0 N–H and O–H groups in total. The zero-order valence-electron chi connectivity index (χ0n) is 28.8. The third-order valence-electron chi connectivity index (χ3n) is 9.88. The zero-order chi connectivity index (χ0) is 29.6. The van der Waals surface area contributed by atoms with Crippen LogP contribution in [-0.2, 0) is 16.6 Å². The average molecular weight is 641 g/mol. The molecule has 0 nitrogen and oxygen atoms in total. The summed E-state index contributed by atoms with van der Waals surface area (Å²) in [5.41, 5.74) is 0. The first-order chi connectivity index (χ1) is 15.9. The van der Waals surface area contributed by atoms with E-state index in [4.69, 9.17) is 0 Å². The first kappa shape index (κ1) is 34.2. The van der Waals surface area contributed by atoms with E-state index in [9.17, 15) is 0 Å². The summed E-state index contributed by atoms with van der Waals surface area (Å²) in [7, 11) is -9.33. The van der Waals surface area contributed by atoms with Gasteiger partial charge < -0.3 is 0 Å². The Morgan fingerprint density at radius 3 is 0.838 bits per heavy atom. The monoisotopic (exact) mass is 640 g/mol. The van der Waals surface area contributed by atoms with Gasteiger partial charge in [-0.25, -0.2) is 0 Å². The quantitative estimate of drug-likeness (QED) is 0.232. The molecular weight excluding hydrogens is 577 g/mol. The molecule has 212 valence electrons. The fraction of sp³-hybridized carbons (Fsp3) is 0.733. The normalized spacial score (nSPS) is 26.7. The maximum atomic E-state index is 3.03. The van der Waals surface area contributed by atoms with Crippen molar-refractivity contribution in [1.82, 2.24) is 0 Å². The summed E-state index contributed by atoms with van der Waals surface area (Å²) >= 11 is -2.81. The van der Waals surface area contributed by atoms with E-state index in [1.54, 1.807) is 10.4 Å². The predicted octanol–water partition coefficient (Wildman–Crippen LogP) is 11.6. The van der Waals surface area contributed by atoms with Gasteiger partial charge in [0, 0.05) is 0 Å². The number of hydrogen-bond acceptors (Lipinski definition) is 0. The first-order valence-electron chi connectivity index (χ1n) is 14.8. The summed E-state index contributed by atoms with van der Waals surface area (Å²) in [6.07, 6.45) is 11.8. The van der Waals surface area contributed by atoms with Crippen molar-refractivity contribution in [2.75, 3.05) is 0 Å². The summed E-state index contributed by atoms with van der Waals surface area (Å²) < 4.78 is 0.717. The number of hydrogen-bond donors (Lipinski definition) is 0. The minimum absolute atomic E-state index is 0.359. The van der Waals surface area contributed by atoms with Crippen molar-refractivity contribution in [3.05, 3.63) is 45.1 Å². The molecule has 0 aromatic rings. The van der Waals surface area contributed by atoms with Gasteiger partial charge in [0.05, 0.1) is 0 Å². The topological polar surface area (TPSA) is 0 Å². The molecule has 0 fully saturated rings.